The lowest BCUT2D eigenvalue weighted by Crippen LogP contribution is -2.28. The summed E-state index contributed by atoms with van der Waals surface area (Å²) in [6.07, 6.45) is 2.74. The monoisotopic (exact) mass is 332 g/mol. The van der Waals surface area contributed by atoms with Crippen LogP contribution < -0.4 is 11.1 Å². The molecule has 0 spiro atoms. The Morgan fingerprint density at radius 2 is 1.95 bits per heavy atom. The number of hydrogen-bond donors (Lipinski definition) is 2. The van der Waals surface area contributed by atoms with Crippen LogP contribution in [-0.4, -0.2) is 11.9 Å². The second-order valence-electron chi connectivity index (χ2n) is 5.46. The normalized spacial score (nSPS) is 16.1. The van der Waals surface area contributed by atoms with E-state index in [1.54, 1.807) is 0 Å². The van der Waals surface area contributed by atoms with Crippen LogP contribution in [0.15, 0.2) is 40.9 Å². The number of hydrogen-bond acceptors (Lipinski definition) is 2. The number of nitrogens with two attached hydrogens (primary N) is 1. The third kappa shape index (κ3) is 3.19. The Labute approximate surface area is 126 Å². The van der Waals surface area contributed by atoms with E-state index in [9.17, 15) is 4.79 Å². The quantitative estimate of drug-likeness (QED) is 0.897. The number of carbonyl (C=O) groups is 1. The topological polar surface area (TPSA) is 55.1 Å². The van der Waals surface area contributed by atoms with Crippen molar-refractivity contribution in [3.63, 3.8) is 0 Å². The van der Waals surface area contributed by atoms with E-state index < -0.39 is 0 Å². The van der Waals surface area contributed by atoms with E-state index in [0.717, 1.165) is 20.9 Å². The number of rotatable bonds is 4. The first-order valence-electron chi connectivity index (χ1n) is 6.86. The zero-order valence-corrected chi connectivity index (χ0v) is 12.7. The van der Waals surface area contributed by atoms with Crippen molar-refractivity contribution in [2.24, 2.45) is 11.7 Å². The fourth-order valence-corrected chi connectivity index (χ4v) is 2.79. The van der Waals surface area contributed by atoms with Gasteiger partial charge in [-0.1, -0.05) is 28.1 Å². The number of anilines is 1. The average molecular weight is 333 g/mol. The van der Waals surface area contributed by atoms with E-state index in [2.05, 4.69) is 27.3 Å². The molecule has 0 heterocycles. The highest BCUT2D eigenvalue weighted by Gasteiger charge is 2.29. The summed E-state index contributed by atoms with van der Waals surface area (Å²) in [5.41, 5.74) is 6.80. The zero-order chi connectivity index (χ0) is 14.1. The van der Waals surface area contributed by atoms with Crippen molar-refractivity contribution in [2.45, 2.75) is 25.3 Å². The molecule has 3 rings (SSSR count). The van der Waals surface area contributed by atoms with Crippen molar-refractivity contribution in [1.29, 1.82) is 0 Å². The van der Waals surface area contributed by atoms with Crippen LogP contribution in [0.25, 0.3) is 10.8 Å². The van der Waals surface area contributed by atoms with Gasteiger partial charge in [-0.3, -0.25) is 4.79 Å². The molecule has 1 fully saturated rings. The first-order chi connectivity index (χ1) is 9.61. The first kappa shape index (κ1) is 13.6. The Kier molecular flexibility index (Phi) is 3.76. The molecular formula is C16H17BrN2O. The lowest BCUT2D eigenvalue weighted by atomic mass is 10.1. The third-order valence-corrected chi connectivity index (χ3v) is 4.23. The fraction of sp³-hybridized carbons (Fsp3) is 0.312. The molecule has 3 nitrogen and oxygen atoms in total. The molecule has 1 atom stereocenters. The molecule has 1 aliphatic carbocycles. The van der Waals surface area contributed by atoms with Gasteiger partial charge in [0.15, 0.2) is 0 Å². The van der Waals surface area contributed by atoms with Gasteiger partial charge < -0.3 is 11.1 Å². The minimum Gasteiger partial charge on any atom is -0.327 e. The van der Waals surface area contributed by atoms with Gasteiger partial charge in [-0.25, -0.2) is 0 Å². The van der Waals surface area contributed by atoms with Crippen LogP contribution in [0.4, 0.5) is 5.69 Å². The molecule has 20 heavy (non-hydrogen) atoms. The van der Waals surface area contributed by atoms with Crippen LogP contribution in [0.3, 0.4) is 0 Å². The molecule has 0 saturated heterocycles. The number of amides is 1. The molecule has 104 valence electrons. The van der Waals surface area contributed by atoms with Crippen LogP contribution in [-0.2, 0) is 4.79 Å². The molecule has 0 aliphatic heterocycles. The summed E-state index contributed by atoms with van der Waals surface area (Å²) < 4.78 is 1.05. The summed E-state index contributed by atoms with van der Waals surface area (Å²) in [5, 5.41) is 5.19. The lowest BCUT2D eigenvalue weighted by molar-refractivity contribution is -0.116. The van der Waals surface area contributed by atoms with Crippen molar-refractivity contribution < 1.29 is 4.79 Å². The Balaban J connectivity index is 1.70. The number of benzene rings is 2. The molecule has 0 radical (unpaired) electrons. The van der Waals surface area contributed by atoms with Gasteiger partial charge in [0.05, 0.1) is 0 Å². The summed E-state index contributed by atoms with van der Waals surface area (Å²) in [6.45, 7) is 0. The van der Waals surface area contributed by atoms with Crippen LogP contribution in [0, 0.1) is 5.92 Å². The van der Waals surface area contributed by atoms with E-state index in [4.69, 9.17) is 5.73 Å². The first-order valence-corrected chi connectivity index (χ1v) is 7.66. The summed E-state index contributed by atoms with van der Waals surface area (Å²) >= 11 is 3.45. The van der Waals surface area contributed by atoms with Crippen LogP contribution in [0.1, 0.15) is 19.3 Å². The van der Waals surface area contributed by atoms with Crippen LogP contribution in [0.2, 0.25) is 0 Å². The minimum atomic E-state index is 0.000798. The Hall–Kier alpha value is -1.39. The van der Waals surface area contributed by atoms with Gasteiger partial charge in [-0.2, -0.15) is 0 Å². The van der Waals surface area contributed by atoms with E-state index in [0.29, 0.717) is 12.3 Å². The SMILES string of the molecule is NC(CC(=O)Nc1ccc2cc(Br)ccc2c1)C1CC1. The van der Waals surface area contributed by atoms with Crippen molar-refractivity contribution in [1.82, 2.24) is 0 Å². The molecule has 0 bridgehead atoms. The third-order valence-electron chi connectivity index (χ3n) is 3.73. The molecule has 1 aliphatic rings. The van der Waals surface area contributed by atoms with Gasteiger partial charge in [0.1, 0.15) is 0 Å². The molecule has 4 heteroatoms. The van der Waals surface area contributed by atoms with Gasteiger partial charge in [0, 0.05) is 22.6 Å². The maximum atomic E-state index is 11.9. The largest absolute Gasteiger partial charge is 0.327 e. The fourth-order valence-electron chi connectivity index (χ4n) is 2.41. The molecule has 1 unspecified atom stereocenters. The molecule has 3 N–H and O–H groups in total. The van der Waals surface area contributed by atoms with E-state index in [1.165, 1.54) is 12.8 Å². The number of carbonyl (C=O) groups excluding carboxylic acids is 1. The van der Waals surface area contributed by atoms with Crippen molar-refractivity contribution in [3.05, 3.63) is 40.9 Å². The molecular weight excluding hydrogens is 316 g/mol. The summed E-state index contributed by atoms with van der Waals surface area (Å²) in [4.78, 5) is 11.9. The zero-order valence-electron chi connectivity index (χ0n) is 11.1. The number of nitrogens with one attached hydrogen (secondary N) is 1. The predicted octanol–water partition coefficient (Wildman–Crippen LogP) is 3.67. The van der Waals surface area contributed by atoms with Gasteiger partial charge in [0.2, 0.25) is 5.91 Å². The maximum absolute atomic E-state index is 11.9. The van der Waals surface area contributed by atoms with Crippen molar-refractivity contribution in [3.8, 4) is 0 Å². The minimum absolute atomic E-state index is 0.000798. The van der Waals surface area contributed by atoms with Gasteiger partial charge in [0.25, 0.3) is 0 Å². The highest BCUT2D eigenvalue weighted by molar-refractivity contribution is 9.10. The molecule has 2 aromatic rings. The molecule has 1 saturated carbocycles. The smallest absolute Gasteiger partial charge is 0.225 e. The summed E-state index contributed by atoms with van der Waals surface area (Å²) in [6, 6.07) is 12.0. The van der Waals surface area contributed by atoms with Gasteiger partial charge in [-0.15, -0.1) is 0 Å². The second kappa shape index (κ2) is 5.54. The maximum Gasteiger partial charge on any atom is 0.225 e. The summed E-state index contributed by atoms with van der Waals surface area (Å²) in [5.74, 6) is 0.551. The van der Waals surface area contributed by atoms with Gasteiger partial charge in [-0.05, 0) is 53.8 Å². The van der Waals surface area contributed by atoms with E-state index in [-0.39, 0.29) is 11.9 Å². The summed E-state index contributed by atoms with van der Waals surface area (Å²) in [7, 11) is 0. The van der Waals surface area contributed by atoms with E-state index in [1.807, 2.05) is 30.3 Å². The average Bonchev–Trinajstić information content (AvgIpc) is 3.23. The Bertz CT molecular complexity index is 652. The Morgan fingerprint density at radius 1 is 1.25 bits per heavy atom. The van der Waals surface area contributed by atoms with Crippen LogP contribution >= 0.6 is 15.9 Å². The Morgan fingerprint density at radius 3 is 2.70 bits per heavy atom. The van der Waals surface area contributed by atoms with Crippen molar-refractivity contribution >= 4 is 38.3 Å². The lowest BCUT2D eigenvalue weighted by Gasteiger charge is -2.11. The van der Waals surface area contributed by atoms with Gasteiger partial charge >= 0.3 is 0 Å². The molecule has 1 amide bonds. The van der Waals surface area contributed by atoms with Crippen molar-refractivity contribution in [2.75, 3.05) is 5.32 Å². The standard InChI is InChI=1S/C16H17BrN2O/c17-13-5-3-12-8-14(6-4-11(12)7-13)19-16(20)9-15(18)10-1-2-10/h3-8,10,15H,1-2,9,18H2,(H,19,20). The molecule has 2 aromatic carbocycles. The van der Waals surface area contributed by atoms with Crippen LogP contribution in [0.5, 0.6) is 0 Å². The predicted molar refractivity (Wildman–Crippen MR) is 85.6 cm³/mol. The highest BCUT2D eigenvalue weighted by Crippen LogP contribution is 2.33. The number of halogens is 1. The number of fused-ring (bicyclic) bond motifs is 1. The van der Waals surface area contributed by atoms with E-state index >= 15 is 0 Å². The highest BCUT2D eigenvalue weighted by atomic mass is 79.9. The molecule has 0 aromatic heterocycles. The second-order valence-corrected chi connectivity index (χ2v) is 6.38.